The lowest BCUT2D eigenvalue weighted by Gasteiger charge is -2.21. The number of alkyl carbamates (subject to hydrolysis) is 1. The van der Waals surface area contributed by atoms with Crippen LogP contribution in [0.1, 0.15) is 35.2 Å². The van der Waals surface area contributed by atoms with Crippen LogP contribution in [-0.2, 0) is 21.4 Å². The number of rotatable bonds is 9. The molecule has 0 spiro atoms. The predicted octanol–water partition coefficient (Wildman–Crippen LogP) is 3.15. The first kappa shape index (κ1) is 23.7. The van der Waals surface area contributed by atoms with Gasteiger partial charge in [-0.2, -0.15) is 5.10 Å². The molecule has 0 aliphatic heterocycles. The Kier molecular flexibility index (Phi) is 6.96. The minimum Gasteiger partial charge on any atom is -0.480 e. The number of nitrogens with zero attached hydrogens (tertiary/aromatic N) is 2. The SMILES string of the molecule is C=CCC(NC(=O)C(NC(=O)OCC1c2ccccc2-c2ccccc21)c1ccnn1C)C(=O)O. The molecular formula is C26H26N4O5. The van der Waals surface area contributed by atoms with Crippen molar-refractivity contribution < 1.29 is 24.2 Å². The maximum Gasteiger partial charge on any atom is 0.408 e. The minimum atomic E-state index is -1.21. The first-order chi connectivity index (χ1) is 16.9. The van der Waals surface area contributed by atoms with E-state index in [1.54, 1.807) is 13.1 Å². The summed E-state index contributed by atoms with van der Waals surface area (Å²) in [6.07, 6.45) is 2.11. The summed E-state index contributed by atoms with van der Waals surface area (Å²) < 4.78 is 6.99. The Hall–Kier alpha value is -4.40. The maximum absolute atomic E-state index is 13.0. The van der Waals surface area contributed by atoms with Crippen LogP contribution in [0.2, 0.25) is 0 Å². The number of carbonyl (C=O) groups is 3. The molecule has 1 aromatic heterocycles. The van der Waals surface area contributed by atoms with Gasteiger partial charge in [0.1, 0.15) is 12.6 Å². The first-order valence-electron chi connectivity index (χ1n) is 11.1. The number of carbonyl (C=O) groups excluding carboxylic acids is 2. The van der Waals surface area contributed by atoms with Crippen LogP contribution in [0.25, 0.3) is 11.1 Å². The molecule has 0 bridgehead atoms. The molecule has 180 valence electrons. The first-order valence-corrected chi connectivity index (χ1v) is 11.1. The highest BCUT2D eigenvalue weighted by atomic mass is 16.5. The number of carboxylic acids is 1. The smallest absolute Gasteiger partial charge is 0.408 e. The van der Waals surface area contributed by atoms with E-state index in [0.29, 0.717) is 5.69 Å². The topological polar surface area (TPSA) is 123 Å². The molecule has 3 N–H and O–H groups in total. The van der Waals surface area contributed by atoms with E-state index in [1.165, 1.54) is 17.0 Å². The Balaban J connectivity index is 1.49. The van der Waals surface area contributed by atoms with Gasteiger partial charge in [0.2, 0.25) is 5.91 Å². The van der Waals surface area contributed by atoms with Gasteiger partial charge in [-0.25, -0.2) is 9.59 Å². The molecule has 9 nitrogen and oxygen atoms in total. The summed E-state index contributed by atoms with van der Waals surface area (Å²) in [4.78, 5) is 37.3. The fraction of sp³-hybridized carbons (Fsp3) is 0.231. The molecule has 4 rings (SSSR count). The summed E-state index contributed by atoms with van der Waals surface area (Å²) in [5.74, 6) is -2.04. The van der Waals surface area contributed by atoms with Crippen molar-refractivity contribution in [3.63, 3.8) is 0 Å². The summed E-state index contributed by atoms with van der Waals surface area (Å²) in [6, 6.07) is 15.1. The number of aliphatic carboxylic acids is 1. The summed E-state index contributed by atoms with van der Waals surface area (Å²) >= 11 is 0. The largest absolute Gasteiger partial charge is 0.480 e. The van der Waals surface area contributed by atoms with Gasteiger partial charge in [-0.15, -0.1) is 6.58 Å². The Labute approximate surface area is 202 Å². The molecular weight excluding hydrogens is 448 g/mol. The van der Waals surface area contributed by atoms with Gasteiger partial charge >= 0.3 is 12.1 Å². The number of amides is 2. The van der Waals surface area contributed by atoms with Crippen molar-refractivity contribution in [2.45, 2.75) is 24.4 Å². The van der Waals surface area contributed by atoms with E-state index in [9.17, 15) is 19.5 Å². The van der Waals surface area contributed by atoms with Gasteiger partial charge in [-0.3, -0.25) is 9.48 Å². The molecule has 0 saturated heterocycles. The van der Waals surface area contributed by atoms with E-state index in [2.05, 4.69) is 22.3 Å². The van der Waals surface area contributed by atoms with Gasteiger partial charge < -0.3 is 20.5 Å². The number of benzene rings is 2. The molecule has 35 heavy (non-hydrogen) atoms. The number of aromatic nitrogens is 2. The van der Waals surface area contributed by atoms with Crippen LogP contribution in [0.15, 0.2) is 73.4 Å². The van der Waals surface area contributed by atoms with Gasteiger partial charge in [0.25, 0.3) is 0 Å². The van der Waals surface area contributed by atoms with Crippen molar-refractivity contribution in [3.05, 3.63) is 90.3 Å². The minimum absolute atomic E-state index is 0.0319. The Bertz CT molecular complexity index is 1220. The highest BCUT2D eigenvalue weighted by Crippen LogP contribution is 2.44. The predicted molar refractivity (Wildman–Crippen MR) is 129 cm³/mol. The molecule has 1 aliphatic carbocycles. The summed E-state index contributed by atoms with van der Waals surface area (Å²) in [5.41, 5.74) is 4.71. The third-order valence-corrected chi connectivity index (χ3v) is 6.04. The molecule has 0 fully saturated rings. The molecule has 2 unspecified atom stereocenters. The van der Waals surface area contributed by atoms with Crippen LogP contribution in [0.5, 0.6) is 0 Å². The van der Waals surface area contributed by atoms with E-state index in [-0.39, 0.29) is 18.9 Å². The van der Waals surface area contributed by atoms with Crippen molar-refractivity contribution in [1.29, 1.82) is 0 Å². The Morgan fingerprint density at radius 3 is 2.26 bits per heavy atom. The summed E-state index contributed by atoms with van der Waals surface area (Å²) in [7, 11) is 1.62. The van der Waals surface area contributed by atoms with Crippen LogP contribution < -0.4 is 10.6 Å². The average Bonchev–Trinajstić information content (AvgIpc) is 3.41. The standard InChI is InChI=1S/C26H26N4O5/c1-3-8-21(25(32)33)28-24(31)23(22-13-14-27-30(22)2)29-26(34)35-15-20-18-11-6-4-9-16(18)17-10-5-7-12-19(17)20/h3-7,9-14,20-21,23H,1,8,15H2,2H3,(H,28,31)(H,29,34)(H,32,33). The fourth-order valence-corrected chi connectivity index (χ4v) is 4.34. The zero-order valence-corrected chi connectivity index (χ0v) is 19.2. The number of nitrogens with one attached hydrogen (secondary N) is 2. The van der Waals surface area contributed by atoms with E-state index in [1.807, 2.05) is 48.5 Å². The molecule has 3 aromatic rings. The molecule has 0 radical (unpaired) electrons. The summed E-state index contributed by atoms with van der Waals surface area (Å²) in [6.45, 7) is 3.60. The third-order valence-electron chi connectivity index (χ3n) is 6.04. The molecule has 2 amide bonds. The molecule has 1 heterocycles. The zero-order chi connectivity index (χ0) is 24.9. The number of hydrogen-bond donors (Lipinski definition) is 3. The highest BCUT2D eigenvalue weighted by Gasteiger charge is 2.32. The molecule has 0 saturated carbocycles. The Morgan fingerprint density at radius 2 is 1.71 bits per heavy atom. The molecule has 2 atom stereocenters. The third kappa shape index (κ3) is 4.93. The lowest BCUT2D eigenvalue weighted by atomic mass is 9.98. The van der Waals surface area contributed by atoms with Gasteiger partial charge in [0, 0.05) is 19.2 Å². The van der Waals surface area contributed by atoms with Crippen molar-refractivity contribution in [2.75, 3.05) is 6.61 Å². The second-order valence-corrected chi connectivity index (χ2v) is 8.21. The number of ether oxygens (including phenoxy) is 1. The average molecular weight is 475 g/mol. The van der Waals surface area contributed by atoms with Crippen molar-refractivity contribution in [3.8, 4) is 11.1 Å². The monoisotopic (exact) mass is 474 g/mol. The van der Waals surface area contributed by atoms with Crippen molar-refractivity contribution in [1.82, 2.24) is 20.4 Å². The molecule has 2 aromatic carbocycles. The lowest BCUT2D eigenvalue weighted by Crippen LogP contribution is -2.47. The second-order valence-electron chi connectivity index (χ2n) is 8.21. The van der Waals surface area contributed by atoms with Crippen LogP contribution in [0.3, 0.4) is 0 Å². The number of fused-ring (bicyclic) bond motifs is 3. The number of aryl methyl sites for hydroxylation is 1. The number of carboxylic acid groups (broad SMARTS) is 1. The van der Waals surface area contributed by atoms with Crippen LogP contribution in [0, 0.1) is 0 Å². The lowest BCUT2D eigenvalue weighted by molar-refractivity contribution is -0.142. The van der Waals surface area contributed by atoms with E-state index >= 15 is 0 Å². The van der Waals surface area contributed by atoms with Crippen LogP contribution in [0.4, 0.5) is 4.79 Å². The molecule has 1 aliphatic rings. The fourth-order valence-electron chi connectivity index (χ4n) is 4.34. The second kappa shape index (κ2) is 10.3. The maximum atomic E-state index is 13.0. The Morgan fingerprint density at radius 1 is 1.09 bits per heavy atom. The highest BCUT2D eigenvalue weighted by molar-refractivity contribution is 5.90. The van der Waals surface area contributed by atoms with Gasteiger partial charge in [-0.1, -0.05) is 54.6 Å². The zero-order valence-electron chi connectivity index (χ0n) is 19.2. The van der Waals surface area contributed by atoms with Crippen molar-refractivity contribution in [2.24, 2.45) is 7.05 Å². The van der Waals surface area contributed by atoms with E-state index in [0.717, 1.165) is 22.3 Å². The van der Waals surface area contributed by atoms with Gasteiger partial charge in [0.05, 0.1) is 5.69 Å². The quantitative estimate of drug-likeness (QED) is 0.410. The van der Waals surface area contributed by atoms with E-state index in [4.69, 9.17) is 4.74 Å². The number of hydrogen-bond acceptors (Lipinski definition) is 5. The molecule has 9 heteroatoms. The summed E-state index contributed by atoms with van der Waals surface area (Å²) in [5, 5.41) is 18.4. The van der Waals surface area contributed by atoms with Gasteiger partial charge in [0.15, 0.2) is 6.04 Å². The van der Waals surface area contributed by atoms with Gasteiger partial charge in [-0.05, 0) is 34.7 Å². The van der Waals surface area contributed by atoms with Crippen LogP contribution >= 0.6 is 0 Å². The van der Waals surface area contributed by atoms with Crippen LogP contribution in [-0.4, -0.2) is 45.5 Å². The van der Waals surface area contributed by atoms with E-state index < -0.39 is 30.1 Å². The van der Waals surface area contributed by atoms with Crippen molar-refractivity contribution >= 4 is 18.0 Å². The normalized spacial score (nSPS) is 13.7.